The highest BCUT2D eigenvalue weighted by atomic mass is 32.2. The van der Waals surface area contributed by atoms with Gasteiger partial charge < -0.3 is 15.2 Å². The summed E-state index contributed by atoms with van der Waals surface area (Å²) in [7, 11) is 1.29. The van der Waals surface area contributed by atoms with Crippen LogP contribution < -0.4 is 20.5 Å². The average molecular weight is 438 g/mol. The van der Waals surface area contributed by atoms with Crippen LogP contribution in [0.15, 0.2) is 41.3 Å². The number of carbonyl (C=O) groups excluding carboxylic acids is 3. The highest BCUT2D eigenvalue weighted by Crippen LogP contribution is 2.41. The molecule has 1 fully saturated rings. The molecular weight excluding hydrogens is 425 g/mol. The Kier molecular flexibility index (Phi) is 5.74. The average Bonchev–Trinajstić information content (AvgIpc) is 2.99. The molecule has 1 aliphatic rings. The lowest BCUT2D eigenvalue weighted by atomic mass is 10.1. The summed E-state index contributed by atoms with van der Waals surface area (Å²) in [5.74, 6) is -2.04. The fraction of sp³-hybridized carbons (Fsp3) is 0.105. The van der Waals surface area contributed by atoms with Gasteiger partial charge >= 0.3 is 6.18 Å². The van der Waals surface area contributed by atoms with Crippen molar-refractivity contribution in [2.45, 2.75) is 6.18 Å². The minimum Gasteiger partial charge on any atom is -0.493 e. The molecule has 30 heavy (non-hydrogen) atoms. The van der Waals surface area contributed by atoms with Crippen LogP contribution in [-0.4, -0.2) is 24.2 Å². The Morgan fingerprint density at radius 3 is 2.37 bits per heavy atom. The Bertz CT molecular complexity index is 1080. The number of nitrogens with two attached hydrogens (primary N) is 1. The molecule has 0 aromatic heterocycles. The number of nitrogens with one attached hydrogen (secondary N) is 1. The number of halogens is 3. The number of thioether (sulfide) groups is 1. The summed E-state index contributed by atoms with van der Waals surface area (Å²) < 4.78 is 50.8. The Morgan fingerprint density at radius 1 is 1.10 bits per heavy atom. The van der Waals surface area contributed by atoms with Gasteiger partial charge in [-0.15, -0.1) is 0 Å². The number of alkyl halides is 3. The van der Waals surface area contributed by atoms with Gasteiger partial charge in [-0.25, -0.2) is 0 Å². The number of hydrogen-bond acceptors (Lipinski definition) is 6. The molecule has 0 radical (unpaired) electrons. The Hall–Kier alpha value is -3.47. The summed E-state index contributed by atoms with van der Waals surface area (Å²) >= 11 is 0.724. The van der Waals surface area contributed by atoms with Gasteiger partial charge in [0, 0.05) is 5.56 Å². The van der Waals surface area contributed by atoms with E-state index in [-0.39, 0.29) is 22.0 Å². The standard InChI is InChI=1S/C19H13F3N2O5S/c1-28-14-6-9(7-15-17(26)24-18(27)30-15)2-4-13(14)29-12-5-3-10(16(23)25)8-11(12)19(20,21)22/h2-8H,1H3,(H2,23,25)(H,24,26,27). The van der Waals surface area contributed by atoms with Crippen LogP contribution in [0.4, 0.5) is 18.0 Å². The first-order valence-corrected chi connectivity index (χ1v) is 9.02. The number of hydrogen-bond donors (Lipinski definition) is 2. The van der Waals surface area contributed by atoms with Crippen LogP contribution in [0, 0.1) is 0 Å². The summed E-state index contributed by atoms with van der Waals surface area (Å²) in [6.45, 7) is 0. The van der Waals surface area contributed by atoms with Gasteiger partial charge in [-0.3, -0.25) is 19.7 Å². The zero-order chi connectivity index (χ0) is 22.1. The van der Waals surface area contributed by atoms with E-state index in [4.69, 9.17) is 15.2 Å². The van der Waals surface area contributed by atoms with Gasteiger partial charge in [-0.2, -0.15) is 13.2 Å². The molecular formula is C19H13F3N2O5S. The minimum absolute atomic E-state index is 0.0309. The molecule has 0 spiro atoms. The van der Waals surface area contributed by atoms with Crippen molar-refractivity contribution in [2.24, 2.45) is 5.73 Å². The van der Waals surface area contributed by atoms with E-state index in [1.807, 2.05) is 0 Å². The Balaban J connectivity index is 1.96. The van der Waals surface area contributed by atoms with Gasteiger partial charge in [0.25, 0.3) is 11.1 Å². The maximum absolute atomic E-state index is 13.4. The summed E-state index contributed by atoms with van der Waals surface area (Å²) in [4.78, 5) is 34.3. The van der Waals surface area contributed by atoms with Crippen molar-refractivity contribution in [3.05, 3.63) is 58.0 Å². The maximum Gasteiger partial charge on any atom is 0.420 e. The van der Waals surface area contributed by atoms with Crippen molar-refractivity contribution in [2.75, 3.05) is 7.11 Å². The van der Waals surface area contributed by atoms with Crippen LogP contribution in [0.1, 0.15) is 21.5 Å². The minimum atomic E-state index is -4.79. The number of methoxy groups -OCH3 is 1. The molecule has 2 aromatic rings. The number of carbonyl (C=O) groups is 3. The van der Waals surface area contributed by atoms with E-state index in [0.29, 0.717) is 11.6 Å². The lowest BCUT2D eigenvalue weighted by molar-refractivity contribution is -0.138. The van der Waals surface area contributed by atoms with Crippen LogP contribution >= 0.6 is 11.8 Å². The van der Waals surface area contributed by atoms with E-state index in [1.54, 1.807) is 0 Å². The molecule has 11 heteroatoms. The highest BCUT2D eigenvalue weighted by molar-refractivity contribution is 8.18. The van der Waals surface area contributed by atoms with Gasteiger partial charge in [-0.05, 0) is 53.7 Å². The molecule has 2 aromatic carbocycles. The Morgan fingerprint density at radius 2 is 1.80 bits per heavy atom. The number of primary amides is 1. The van der Waals surface area contributed by atoms with E-state index in [1.165, 1.54) is 31.4 Å². The fourth-order valence-corrected chi connectivity index (χ4v) is 3.23. The van der Waals surface area contributed by atoms with Gasteiger partial charge in [0.1, 0.15) is 5.75 Å². The van der Waals surface area contributed by atoms with Crippen molar-refractivity contribution in [1.29, 1.82) is 0 Å². The van der Waals surface area contributed by atoms with E-state index in [2.05, 4.69) is 5.32 Å². The Labute approximate surface area is 172 Å². The van der Waals surface area contributed by atoms with E-state index >= 15 is 0 Å². The van der Waals surface area contributed by atoms with Crippen molar-refractivity contribution in [3.8, 4) is 17.2 Å². The second-order valence-corrected chi connectivity index (χ2v) is 6.95. The van der Waals surface area contributed by atoms with Crippen LogP contribution in [-0.2, 0) is 11.0 Å². The molecule has 0 aliphatic carbocycles. The third kappa shape index (κ3) is 4.57. The summed E-state index contributed by atoms with van der Waals surface area (Å²) in [5, 5.41) is 1.61. The second kappa shape index (κ2) is 8.11. The number of amides is 3. The molecule has 1 aliphatic heterocycles. The lowest BCUT2D eigenvalue weighted by Crippen LogP contribution is -2.17. The maximum atomic E-state index is 13.4. The third-order valence-electron chi connectivity index (χ3n) is 3.92. The zero-order valence-electron chi connectivity index (χ0n) is 15.2. The number of ether oxygens (including phenoxy) is 2. The van der Waals surface area contributed by atoms with E-state index in [9.17, 15) is 27.6 Å². The first kappa shape index (κ1) is 21.2. The van der Waals surface area contributed by atoms with Crippen molar-refractivity contribution < 1.29 is 37.0 Å². The van der Waals surface area contributed by atoms with Crippen molar-refractivity contribution >= 4 is 34.9 Å². The van der Waals surface area contributed by atoms with Crippen molar-refractivity contribution in [1.82, 2.24) is 5.32 Å². The fourth-order valence-electron chi connectivity index (χ4n) is 2.54. The van der Waals surface area contributed by atoms with Gasteiger partial charge in [0.2, 0.25) is 5.91 Å². The molecule has 0 saturated carbocycles. The predicted octanol–water partition coefficient (Wildman–Crippen LogP) is 3.93. The molecule has 3 N–H and O–H groups in total. The van der Waals surface area contributed by atoms with E-state index < -0.39 is 34.5 Å². The van der Waals surface area contributed by atoms with E-state index in [0.717, 1.165) is 23.9 Å². The molecule has 156 valence electrons. The van der Waals surface area contributed by atoms with Crippen LogP contribution in [0.25, 0.3) is 6.08 Å². The highest BCUT2D eigenvalue weighted by Gasteiger charge is 2.35. The predicted molar refractivity (Wildman–Crippen MR) is 102 cm³/mol. The molecule has 1 saturated heterocycles. The largest absolute Gasteiger partial charge is 0.493 e. The molecule has 1 heterocycles. The quantitative estimate of drug-likeness (QED) is 0.685. The molecule has 7 nitrogen and oxygen atoms in total. The smallest absolute Gasteiger partial charge is 0.420 e. The van der Waals surface area contributed by atoms with Crippen LogP contribution in [0.5, 0.6) is 17.2 Å². The number of imide groups is 1. The normalized spacial score (nSPS) is 15.3. The van der Waals surface area contributed by atoms with Crippen molar-refractivity contribution in [3.63, 3.8) is 0 Å². The van der Waals surface area contributed by atoms with Gasteiger partial charge in [0.15, 0.2) is 11.5 Å². The van der Waals surface area contributed by atoms with Gasteiger partial charge in [-0.1, -0.05) is 6.07 Å². The summed E-state index contributed by atoms with van der Waals surface area (Å²) in [6.07, 6.45) is -3.36. The van der Waals surface area contributed by atoms with Crippen LogP contribution in [0.3, 0.4) is 0 Å². The number of benzene rings is 2. The monoisotopic (exact) mass is 438 g/mol. The van der Waals surface area contributed by atoms with Crippen LogP contribution in [0.2, 0.25) is 0 Å². The molecule has 0 unspecified atom stereocenters. The molecule has 3 rings (SSSR count). The number of rotatable bonds is 5. The van der Waals surface area contributed by atoms with Gasteiger partial charge in [0.05, 0.1) is 17.6 Å². The summed E-state index contributed by atoms with van der Waals surface area (Å²) in [5.41, 5.74) is 4.03. The zero-order valence-corrected chi connectivity index (χ0v) is 16.0. The first-order valence-electron chi connectivity index (χ1n) is 8.20. The molecule has 0 atom stereocenters. The third-order valence-corrected chi connectivity index (χ3v) is 4.73. The SMILES string of the molecule is COc1cc(C=C2SC(=O)NC2=O)ccc1Oc1ccc(C(N)=O)cc1C(F)(F)F. The second-order valence-electron chi connectivity index (χ2n) is 5.94. The molecule has 0 bridgehead atoms. The first-order chi connectivity index (χ1) is 14.1. The molecule has 3 amide bonds. The summed E-state index contributed by atoms with van der Waals surface area (Å²) in [6, 6.07) is 6.98. The lowest BCUT2D eigenvalue weighted by Gasteiger charge is -2.16. The topological polar surface area (TPSA) is 108 Å².